The molecule has 0 radical (unpaired) electrons. The molecule has 1 aromatic carbocycles. The van der Waals surface area contributed by atoms with E-state index in [1.807, 2.05) is 11.7 Å². The topological polar surface area (TPSA) is 47.1 Å². The summed E-state index contributed by atoms with van der Waals surface area (Å²) in [7, 11) is 2.01. The van der Waals surface area contributed by atoms with E-state index in [9.17, 15) is 0 Å². The van der Waals surface area contributed by atoms with Crippen LogP contribution >= 0.6 is 0 Å². The van der Waals surface area contributed by atoms with Crippen molar-refractivity contribution in [1.82, 2.24) is 14.7 Å². The average molecular weight is 244 g/mol. The largest absolute Gasteiger partial charge is 0.329 e. The molecule has 0 aliphatic carbocycles. The molecule has 0 spiro atoms. The fourth-order valence-corrected chi connectivity index (χ4v) is 2.97. The van der Waals surface area contributed by atoms with Crippen molar-refractivity contribution in [1.29, 1.82) is 0 Å². The number of nitrogens with two attached hydrogens (primary N) is 1. The summed E-state index contributed by atoms with van der Waals surface area (Å²) in [6.45, 7) is 2.82. The Morgan fingerprint density at radius 1 is 1.39 bits per heavy atom. The summed E-state index contributed by atoms with van der Waals surface area (Å²) in [4.78, 5) is 2.47. The number of hydrogen-bond donors (Lipinski definition) is 1. The second-order valence-corrected chi connectivity index (χ2v) is 5.09. The predicted octanol–water partition coefficient (Wildman–Crippen LogP) is 1.50. The molecule has 1 aliphatic heterocycles. The van der Waals surface area contributed by atoms with Gasteiger partial charge in [-0.3, -0.25) is 9.58 Å². The fourth-order valence-electron chi connectivity index (χ4n) is 2.97. The molecule has 4 nitrogen and oxygen atoms in total. The number of para-hydroxylation sites is 1. The molecule has 2 aromatic rings. The lowest BCUT2D eigenvalue weighted by atomic mass is 10.2. The average Bonchev–Trinajstić information content (AvgIpc) is 2.96. The molecule has 1 unspecified atom stereocenters. The summed E-state index contributed by atoms with van der Waals surface area (Å²) in [6, 6.07) is 8.96. The number of aryl methyl sites for hydroxylation is 1. The van der Waals surface area contributed by atoms with E-state index in [1.54, 1.807) is 0 Å². The molecule has 4 heteroatoms. The van der Waals surface area contributed by atoms with Gasteiger partial charge < -0.3 is 5.73 Å². The summed E-state index contributed by atoms with van der Waals surface area (Å²) in [5.74, 6) is 0. The Bertz CT molecular complexity index is 546. The van der Waals surface area contributed by atoms with Crippen LogP contribution in [0.1, 0.15) is 18.5 Å². The lowest BCUT2D eigenvalue weighted by Crippen LogP contribution is -2.35. The van der Waals surface area contributed by atoms with Crippen molar-refractivity contribution in [2.45, 2.75) is 25.4 Å². The third-order valence-electron chi connectivity index (χ3n) is 3.96. The van der Waals surface area contributed by atoms with Gasteiger partial charge in [0.1, 0.15) is 0 Å². The first-order valence-corrected chi connectivity index (χ1v) is 6.64. The fraction of sp³-hybridized carbons (Fsp3) is 0.500. The maximum atomic E-state index is 5.83. The van der Waals surface area contributed by atoms with Gasteiger partial charge in [-0.2, -0.15) is 5.10 Å². The smallest absolute Gasteiger partial charge is 0.0843 e. The second kappa shape index (κ2) is 4.71. The van der Waals surface area contributed by atoms with Crippen molar-refractivity contribution in [3.05, 3.63) is 30.0 Å². The normalized spacial score (nSPS) is 20.9. The zero-order valence-electron chi connectivity index (χ0n) is 10.8. The van der Waals surface area contributed by atoms with Crippen LogP contribution in [0.5, 0.6) is 0 Å². The van der Waals surface area contributed by atoms with E-state index in [0.717, 1.165) is 19.6 Å². The maximum Gasteiger partial charge on any atom is 0.0843 e. The summed E-state index contributed by atoms with van der Waals surface area (Å²) in [5, 5.41) is 5.92. The lowest BCUT2D eigenvalue weighted by Gasteiger charge is -2.21. The van der Waals surface area contributed by atoms with Gasteiger partial charge in [-0.05, 0) is 25.5 Å². The SMILES string of the molecule is Cn1nc(CN2CCCC2CN)c2ccccc21. The van der Waals surface area contributed by atoms with E-state index in [0.29, 0.717) is 6.04 Å². The third-order valence-corrected chi connectivity index (χ3v) is 3.96. The van der Waals surface area contributed by atoms with Crippen molar-refractivity contribution in [2.75, 3.05) is 13.1 Å². The minimum atomic E-state index is 0.533. The Morgan fingerprint density at radius 3 is 3.06 bits per heavy atom. The van der Waals surface area contributed by atoms with Crippen LogP contribution < -0.4 is 5.73 Å². The standard InChI is InChI=1S/C14H20N4/c1-17-14-7-3-2-6-12(14)13(16-17)10-18-8-4-5-11(18)9-15/h2-3,6-7,11H,4-5,8-10,15H2,1H3. The summed E-state index contributed by atoms with van der Waals surface area (Å²) in [5.41, 5.74) is 8.21. The Hall–Kier alpha value is -1.39. The Balaban J connectivity index is 1.91. The van der Waals surface area contributed by atoms with Crippen LogP contribution in [-0.4, -0.2) is 33.8 Å². The maximum absolute atomic E-state index is 5.83. The van der Waals surface area contributed by atoms with Gasteiger partial charge in [0, 0.05) is 31.6 Å². The highest BCUT2D eigenvalue weighted by atomic mass is 15.3. The van der Waals surface area contributed by atoms with Crippen molar-refractivity contribution in [3.8, 4) is 0 Å². The van der Waals surface area contributed by atoms with Crippen molar-refractivity contribution in [3.63, 3.8) is 0 Å². The van der Waals surface area contributed by atoms with Gasteiger partial charge in [0.25, 0.3) is 0 Å². The van der Waals surface area contributed by atoms with Crippen molar-refractivity contribution >= 4 is 10.9 Å². The van der Waals surface area contributed by atoms with Gasteiger partial charge in [-0.15, -0.1) is 0 Å². The number of benzene rings is 1. The van der Waals surface area contributed by atoms with Crippen molar-refractivity contribution < 1.29 is 0 Å². The van der Waals surface area contributed by atoms with E-state index >= 15 is 0 Å². The molecule has 1 atom stereocenters. The molecular formula is C14H20N4. The summed E-state index contributed by atoms with van der Waals surface area (Å²) in [6.07, 6.45) is 2.48. The quantitative estimate of drug-likeness (QED) is 0.890. The summed E-state index contributed by atoms with van der Waals surface area (Å²) >= 11 is 0. The molecule has 0 amide bonds. The Labute approximate surface area is 107 Å². The third kappa shape index (κ3) is 1.91. The minimum absolute atomic E-state index is 0.533. The van der Waals surface area contributed by atoms with Crippen LogP contribution in [0.2, 0.25) is 0 Å². The van der Waals surface area contributed by atoms with Gasteiger partial charge in [0.05, 0.1) is 11.2 Å². The molecule has 0 saturated carbocycles. The molecule has 1 saturated heterocycles. The van der Waals surface area contributed by atoms with Crippen molar-refractivity contribution in [2.24, 2.45) is 12.8 Å². The highest BCUT2D eigenvalue weighted by Crippen LogP contribution is 2.23. The van der Waals surface area contributed by atoms with Crippen LogP contribution in [0.3, 0.4) is 0 Å². The monoisotopic (exact) mass is 244 g/mol. The molecule has 0 bridgehead atoms. The number of nitrogens with zero attached hydrogens (tertiary/aromatic N) is 3. The Morgan fingerprint density at radius 2 is 2.22 bits per heavy atom. The summed E-state index contributed by atoms with van der Waals surface area (Å²) < 4.78 is 1.97. The first-order valence-electron chi connectivity index (χ1n) is 6.64. The van der Waals surface area contributed by atoms with E-state index in [4.69, 9.17) is 5.73 Å². The molecule has 3 rings (SSSR count). The van der Waals surface area contributed by atoms with Gasteiger partial charge in [-0.25, -0.2) is 0 Å². The minimum Gasteiger partial charge on any atom is -0.329 e. The highest BCUT2D eigenvalue weighted by molar-refractivity contribution is 5.81. The molecule has 2 N–H and O–H groups in total. The first kappa shape index (κ1) is 11.7. The van der Waals surface area contributed by atoms with E-state index in [-0.39, 0.29) is 0 Å². The molecule has 18 heavy (non-hydrogen) atoms. The zero-order chi connectivity index (χ0) is 12.5. The highest BCUT2D eigenvalue weighted by Gasteiger charge is 2.24. The molecule has 1 aromatic heterocycles. The van der Waals surface area contributed by atoms with Crippen LogP contribution in [-0.2, 0) is 13.6 Å². The van der Waals surface area contributed by atoms with Crippen LogP contribution in [0, 0.1) is 0 Å². The number of hydrogen-bond acceptors (Lipinski definition) is 3. The second-order valence-electron chi connectivity index (χ2n) is 5.09. The first-order chi connectivity index (χ1) is 8.79. The molecule has 1 aliphatic rings. The van der Waals surface area contributed by atoms with Crippen LogP contribution in [0.15, 0.2) is 24.3 Å². The molecule has 2 heterocycles. The number of fused-ring (bicyclic) bond motifs is 1. The Kier molecular flexibility index (Phi) is 3.06. The van der Waals surface area contributed by atoms with Gasteiger partial charge >= 0.3 is 0 Å². The van der Waals surface area contributed by atoms with E-state index < -0.39 is 0 Å². The number of rotatable bonds is 3. The van der Waals surface area contributed by atoms with Crippen LogP contribution in [0.4, 0.5) is 0 Å². The van der Waals surface area contributed by atoms with E-state index in [1.165, 1.54) is 29.4 Å². The van der Waals surface area contributed by atoms with Gasteiger partial charge in [0.2, 0.25) is 0 Å². The molecular weight excluding hydrogens is 224 g/mol. The predicted molar refractivity (Wildman–Crippen MR) is 73.2 cm³/mol. The van der Waals surface area contributed by atoms with E-state index in [2.05, 4.69) is 34.3 Å². The lowest BCUT2D eigenvalue weighted by molar-refractivity contribution is 0.247. The molecule has 96 valence electrons. The van der Waals surface area contributed by atoms with Gasteiger partial charge in [0.15, 0.2) is 0 Å². The zero-order valence-corrected chi connectivity index (χ0v) is 10.8. The van der Waals surface area contributed by atoms with Crippen LogP contribution in [0.25, 0.3) is 10.9 Å². The number of likely N-dealkylation sites (tertiary alicyclic amines) is 1. The number of aromatic nitrogens is 2. The molecule has 1 fully saturated rings. The van der Waals surface area contributed by atoms with Gasteiger partial charge in [-0.1, -0.05) is 18.2 Å².